The van der Waals surface area contributed by atoms with E-state index in [2.05, 4.69) is 15.3 Å². The second-order valence-corrected chi connectivity index (χ2v) is 6.48. The topological polar surface area (TPSA) is 84.4 Å². The molecule has 1 aliphatic rings. The standard InChI is InChI=1S/C12H20N4O3S/c1-2-4-13-12-14-9-11(10-15-12)20(17,18)16-5-3-7-19-8-6-16/h9-10H,2-8H2,1H3,(H,13,14,15). The van der Waals surface area contributed by atoms with E-state index in [0.717, 1.165) is 13.0 Å². The Hall–Kier alpha value is -1.25. The molecule has 0 atom stereocenters. The van der Waals surface area contributed by atoms with Gasteiger partial charge in [-0.3, -0.25) is 0 Å². The van der Waals surface area contributed by atoms with Crippen LogP contribution < -0.4 is 5.32 Å². The lowest BCUT2D eigenvalue weighted by atomic mass is 10.5. The molecule has 1 fully saturated rings. The quantitative estimate of drug-likeness (QED) is 0.862. The lowest BCUT2D eigenvalue weighted by Crippen LogP contribution is -2.33. The van der Waals surface area contributed by atoms with Crippen LogP contribution in [0, 0.1) is 0 Å². The van der Waals surface area contributed by atoms with Gasteiger partial charge in [0.05, 0.1) is 19.0 Å². The lowest BCUT2D eigenvalue weighted by molar-refractivity contribution is 0.148. The lowest BCUT2D eigenvalue weighted by Gasteiger charge is -2.18. The predicted octanol–water partition coefficient (Wildman–Crippen LogP) is 0.709. The van der Waals surface area contributed by atoms with E-state index in [4.69, 9.17) is 4.74 Å². The fourth-order valence-corrected chi connectivity index (χ4v) is 3.24. The van der Waals surface area contributed by atoms with Gasteiger partial charge in [0.15, 0.2) is 0 Å². The van der Waals surface area contributed by atoms with Crippen LogP contribution in [0.3, 0.4) is 0 Å². The van der Waals surface area contributed by atoms with Gasteiger partial charge in [0.25, 0.3) is 0 Å². The van der Waals surface area contributed by atoms with Crippen LogP contribution >= 0.6 is 0 Å². The van der Waals surface area contributed by atoms with E-state index >= 15 is 0 Å². The molecular formula is C12H20N4O3S. The summed E-state index contributed by atoms with van der Waals surface area (Å²) in [6.07, 6.45) is 4.37. The minimum absolute atomic E-state index is 0.126. The fourth-order valence-electron chi connectivity index (χ4n) is 1.89. The molecule has 0 saturated carbocycles. The highest BCUT2D eigenvalue weighted by molar-refractivity contribution is 7.89. The van der Waals surface area contributed by atoms with E-state index in [-0.39, 0.29) is 4.90 Å². The van der Waals surface area contributed by atoms with Crippen LogP contribution in [0.25, 0.3) is 0 Å². The number of aromatic nitrogens is 2. The number of hydrogen-bond donors (Lipinski definition) is 1. The number of hydrogen-bond acceptors (Lipinski definition) is 6. The number of nitrogens with zero attached hydrogens (tertiary/aromatic N) is 3. The summed E-state index contributed by atoms with van der Waals surface area (Å²) >= 11 is 0. The van der Waals surface area contributed by atoms with Crippen molar-refractivity contribution >= 4 is 16.0 Å². The van der Waals surface area contributed by atoms with Gasteiger partial charge in [-0.15, -0.1) is 0 Å². The second kappa shape index (κ2) is 6.96. The van der Waals surface area contributed by atoms with E-state index in [1.54, 1.807) is 0 Å². The smallest absolute Gasteiger partial charge is 0.246 e. The average molecular weight is 300 g/mol. The molecule has 0 bridgehead atoms. The van der Waals surface area contributed by atoms with Crippen molar-refractivity contribution in [1.29, 1.82) is 0 Å². The first-order chi connectivity index (χ1) is 9.64. The third-order valence-corrected chi connectivity index (χ3v) is 4.83. The van der Waals surface area contributed by atoms with Crippen molar-refractivity contribution in [3.63, 3.8) is 0 Å². The van der Waals surface area contributed by atoms with Crippen LogP contribution in [-0.2, 0) is 14.8 Å². The van der Waals surface area contributed by atoms with Crippen LogP contribution in [0.15, 0.2) is 17.3 Å². The average Bonchev–Trinajstić information content (AvgIpc) is 2.75. The van der Waals surface area contributed by atoms with E-state index in [1.165, 1.54) is 16.7 Å². The van der Waals surface area contributed by atoms with Crippen LogP contribution in [0.1, 0.15) is 19.8 Å². The first-order valence-electron chi connectivity index (χ1n) is 6.78. The number of rotatable bonds is 5. The summed E-state index contributed by atoms with van der Waals surface area (Å²) in [4.78, 5) is 8.21. The molecule has 0 aromatic carbocycles. The van der Waals surface area contributed by atoms with Crippen LogP contribution in [-0.4, -0.2) is 55.5 Å². The van der Waals surface area contributed by atoms with Crippen molar-refractivity contribution in [2.24, 2.45) is 0 Å². The number of nitrogens with one attached hydrogen (secondary N) is 1. The van der Waals surface area contributed by atoms with Gasteiger partial charge in [-0.1, -0.05) is 6.92 Å². The van der Waals surface area contributed by atoms with Crippen molar-refractivity contribution in [2.75, 3.05) is 38.2 Å². The molecule has 0 spiro atoms. The maximum atomic E-state index is 12.4. The van der Waals surface area contributed by atoms with Gasteiger partial charge >= 0.3 is 0 Å². The molecule has 0 amide bonds. The molecule has 1 N–H and O–H groups in total. The van der Waals surface area contributed by atoms with Crippen molar-refractivity contribution in [3.8, 4) is 0 Å². The fraction of sp³-hybridized carbons (Fsp3) is 0.667. The predicted molar refractivity (Wildman–Crippen MR) is 75.0 cm³/mol. The molecule has 1 aromatic heterocycles. The van der Waals surface area contributed by atoms with Crippen molar-refractivity contribution in [2.45, 2.75) is 24.7 Å². The van der Waals surface area contributed by atoms with Crippen LogP contribution in [0.4, 0.5) is 5.95 Å². The molecule has 1 saturated heterocycles. The summed E-state index contributed by atoms with van der Waals surface area (Å²) in [6, 6.07) is 0. The summed E-state index contributed by atoms with van der Waals surface area (Å²) in [5, 5.41) is 3.01. The zero-order chi connectivity index (χ0) is 14.4. The van der Waals surface area contributed by atoms with Crippen molar-refractivity contribution in [1.82, 2.24) is 14.3 Å². The third kappa shape index (κ3) is 3.65. The zero-order valence-electron chi connectivity index (χ0n) is 11.6. The van der Waals surface area contributed by atoms with Crippen molar-refractivity contribution < 1.29 is 13.2 Å². The number of ether oxygens (including phenoxy) is 1. The van der Waals surface area contributed by atoms with Gasteiger partial charge < -0.3 is 10.1 Å². The Balaban J connectivity index is 2.12. The van der Waals surface area contributed by atoms with Crippen molar-refractivity contribution in [3.05, 3.63) is 12.4 Å². The number of sulfonamides is 1. The SMILES string of the molecule is CCCNc1ncc(S(=O)(=O)N2CCCOCC2)cn1. The number of anilines is 1. The minimum atomic E-state index is -3.52. The summed E-state index contributed by atoms with van der Waals surface area (Å²) in [6.45, 7) is 4.66. The van der Waals surface area contributed by atoms with Crippen LogP contribution in [0.2, 0.25) is 0 Å². The molecule has 0 aliphatic carbocycles. The highest BCUT2D eigenvalue weighted by Crippen LogP contribution is 2.16. The Kier molecular flexibility index (Phi) is 5.27. The second-order valence-electron chi connectivity index (χ2n) is 4.54. The van der Waals surface area contributed by atoms with Gasteiger partial charge in [-0.25, -0.2) is 18.4 Å². The zero-order valence-corrected chi connectivity index (χ0v) is 12.4. The third-order valence-electron chi connectivity index (χ3n) is 2.98. The molecule has 1 aromatic rings. The van der Waals surface area contributed by atoms with Gasteiger partial charge in [0.2, 0.25) is 16.0 Å². The molecule has 8 heteroatoms. The Morgan fingerprint density at radius 1 is 1.30 bits per heavy atom. The van der Waals surface area contributed by atoms with Gasteiger partial charge in [0.1, 0.15) is 4.90 Å². The molecular weight excluding hydrogens is 280 g/mol. The molecule has 0 radical (unpaired) electrons. The highest BCUT2D eigenvalue weighted by atomic mass is 32.2. The molecule has 112 valence electrons. The molecule has 7 nitrogen and oxygen atoms in total. The first-order valence-corrected chi connectivity index (χ1v) is 8.22. The minimum Gasteiger partial charge on any atom is -0.380 e. The first kappa shape index (κ1) is 15.1. The summed E-state index contributed by atoms with van der Waals surface area (Å²) < 4.78 is 31.6. The molecule has 2 heterocycles. The Morgan fingerprint density at radius 3 is 2.75 bits per heavy atom. The molecule has 0 unspecified atom stereocenters. The molecule has 2 rings (SSSR count). The Morgan fingerprint density at radius 2 is 2.05 bits per heavy atom. The van der Waals surface area contributed by atoms with E-state index in [9.17, 15) is 8.42 Å². The summed E-state index contributed by atoms with van der Waals surface area (Å²) in [5.41, 5.74) is 0. The van der Waals surface area contributed by atoms with E-state index in [0.29, 0.717) is 38.7 Å². The Bertz CT molecular complexity index is 510. The maximum absolute atomic E-state index is 12.4. The molecule has 1 aliphatic heterocycles. The van der Waals surface area contributed by atoms with Gasteiger partial charge in [-0.05, 0) is 12.8 Å². The highest BCUT2D eigenvalue weighted by Gasteiger charge is 2.26. The maximum Gasteiger partial charge on any atom is 0.246 e. The Labute approximate surface area is 119 Å². The van der Waals surface area contributed by atoms with E-state index < -0.39 is 10.0 Å². The normalized spacial score (nSPS) is 17.6. The summed E-state index contributed by atoms with van der Waals surface area (Å²) in [5.74, 6) is 0.449. The monoisotopic (exact) mass is 300 g/mol. The largest absolute Gasteiger partial charge is 0.380 e. The van der Waals surface area contributed by atoms with Crippen LogP contribution in [0.5, 0.6) is 0 Å². The summed E-state index contributed by atoms with van der Waals surface area (Å²) in [7, 11) is -3.52. The molecule has 20 heavy (non-hydrogen) atoms. The van der Waals surface area contributed by atoms with Gasteiger partial charge in [-0.2, -0.15) is 4.31 Å². The van der Waals surface area contributed by atoms with E-state index in [1.807, 2.05) is 6.92 Å². The van der Waals surface area contributed by atoms with Gasteiger partial charge in [0, 0.05) is 26.2 Å².